The van der Waals surface area contributed by atoms with Crippen molar-refractivity contribution in [2.75, 3.05) is 32.8 Å². The number of benzene rings is 3. The third-order valence-corrected chi connectivity index (χ3v) is 6.49. The van der Waals surface area contributed by atoms with Crippen LogP contribution in [0.1, 0.15) is 42.9 Å². The summed E-state index contributed by atoms with van der Waals surface area (Å²) >= 11 is 0. The average molecular weight is 416 g/mol. The molecule has 2 atom stereocenters. The van der Waals surface area contributed by atoms with Crippen molar-refractivity contribution in [1.29, 1.82) is 0 Å². The van der Waals surface area contributed by atoms with Gasteiger partial charge in [-0.3, -0.25) is 0 Å². The Morgan fingerprint density at radius 2 is 1.45 bits per heavy atom. The van der Waals surface area contributed by atoms with Gasteiger partial charge in [0, 0.05) is 19.1 Å². The molecule has 162 valence electrons. The van der Waals surface area contributed by atoms with Gasteiger partial charge in [-0.15, -0.1) is 0 Å². The molecule has 1 saturated heterocycles. The van der Waals surface area contributed by atoms with E-state index in [1.54, 1.807) is 0 Å². The highest BCUT2D eigenvalue weighted by Crippen LogP contribution is 2.51. The van der Waals surface area contributed by atoms with Crippen molar-refractivity contribution in [3.63, 3.8) is 0 Å². The molecule has 3 nitrogen and oxygen atoms in total. The summed E-state index contributed by atoms with van der Waals surface area (Å²) in [6.45, 7) is 8.87. The maximum absolute atomic E-state index is 6.61. The molecule has 4 rings (SSSR count). The van der Waals surface area contributed by atoms with Gasteiger partial charge in [-0.1, -0.05) is 86.6 Å². The van der Waals surface area contributed by atoms with Crippen LogP contribution in [-0.2, 0) is 10.3 Å². The van der Waals surface area contributed by atoms with E-state index >= 15 is 0 Å². The highest BCUT2D eigenvalue weighted by molar-refractivity contribution is 5.45. The molecule has 0 N–H and O–H groups in total. The zero-order valence-electron chi connectivity index (χ0n) is 18.7. The minimum atomic E-state index is -0.484. The number of rotatable bonds is 9. The van der Waals surface area contributed by atoms with E-state index in [4.69, 9.17) is 9.47 Å². The Morgan fingerprint density at radius 3 is 2.10 bits per heavy atom. The van der Waals surface area contributed by atoms with Crippen molar-refractivity contribution in [3.05, 3.63) is 102 Å². The first-order chi connectivity index (χ1) is 15.3. The zero-order chi connectivity index (χ0) is 21.5. The summed E-state index contributed by atoms with van der Waals surface area (Å²) in [6.07, 6.45) is 1.00. The minimum absolute atomic E-state index is 0.269. The van der Waals surface area contributed by atoms with Gasteiger partial charge in [0.1, 0.15) is 18.0 Å². The summed E-state index contributed by atoms with van der Waals surface area (Å²) in [5.74, 6) is 1.18. The van der Waals surface area contributed by atoms with E-state index in [0.717, 1.165) is 38.4 Å². The van der Waals surface area contributed by atoms with Gasteiger partial charge in [-0.05, 0) is 48.3 Å². The third kappa shape index (κ3) is 4.53. The Kier molecular flexibility index (Phi) is 7.06. The number of ether oxygens (including phenoxy) is 2. The van der Waals surface area contributed by atoms with Crippen molar-refractivity contribution >= 4 is 0 Å². The molecule has 0 spiro atoms. The Labute approximate surface area is 186 Å². The molecular formula is C28H33NO2. The number of hydrogen-bond acceptors (Lipinski definition) is 3. The number of nitrogens with zero attached hydrogens (tertiary/aromatic N) is 1. The predicted octanol–water partition coefficient (Wildman–Crippen LogP) is 5.85. The van der Waals surface area contributed by atoms with Crippen molar-refractivity contribution in [2.45, 2.75) is 31.8 Å². The molecule has 3 aromatic carbocycles. The Hall–Kier alpha value is -2.62. The molecule has 2 unspecified atom stereocenters. The lowest BCUT2D eigenvalue weighted by atomic mass is 9.73. The number of likely N-dealkylation sites (N-methyl/N-ethyl adjacent to an activating group) is 1. The maximum atomic E-state index is 6.61. The zero-order valence-corrected chi connectivity index (χ0v) is 18.7. The largest absolute Gasteiger partial charge is 0.492 e. The fourth-order valence-corrected chi connectivity index (χ4v) is 4.78. The van der Waals surface area contributed by atoms with Gasteiger partial charge >= 0.3 is 0 Å². The lowest BCUT2D eigenvalue weighted by molar-refractivity contribution is 0.0262. The first kappa shape index (κ1) is 21.6. The monoisotopic (exact) mass is 415 g/mol. The standard InChI is InChI=1S/C28H33NO2/c1-3-29(4-2)20-22-30-26-17-15-25(16-18-26)28(24-13-9-6-10-14-24)27(19-21-31-28)23-11-7-5-8-12-23/h5-18,27H,3-4,19-22H2,1-2H3. The van der Waals surface area contributed by atoms with E-state index < -0.39 is 5.60 Å². The average Bonchev–Trinajstić information content (AvgIpc) is 3.29. The summed E-state index contributed by atoms with van der Waals surface area (Å²) in [7, 11) is 0. The van der Waals surface area contributed by atoms with E-state index in [1.807, 2.05) is 0 Å². The lowest BCUT2D eigenvalue weighted by Gasteiger charge is -2.36. The van der Waals surface area contributed by atoms with Gasteiger partial charge in [0.25, 0.3) is 0 Å². The normalized spacial score (nSPS) is 20.8. The smallest absolute Gasteiger partial charge is 0.125 e. The molecular weight excluding hydrogens is 382 g/mol. The second-order valence-corrected chi connectivity index (χ2v) is 8.10. The van der Waals surface area contributed by atoms with Gasteiger partial charge in [-0.2, -0.15) is 0 Å². The Bertz CT molecular complexity index is 922. The third-order valence-electron chi connectivity index (χ3n) is 6.49. The highest BCUT2D eigenvalue weighted by Gasteiger charge is 2.47. The summed E-state index contributed by atoms with van der Waals surface area (Å²) in [5, 5.41) is 0. The first-order valence-electron chi connectivity index (χ1n) is 11.5. The molecule has 1 heterocycles. The molecule has 0 aromatic heterocycles. The molecule has 3 heteroatoms. The molecule has 0 bridgehead atoms. The van der Waals surface area contributed by atoms with Crippen LogP contribution in [0.25, 0.3) is 0 Å². The van der Waals surface area contributed by atoms with E-state index in [9.17, 15) is 0 Å². The second-order valence-electron chi connectivity index (χ2n) is 8.10. The fraction of sp³-hybridized carbons (Fsp3) is 0.357. The SMILES string of the molecule is CCN(CC)CCOc1ccc(C2(c3ccccc3)OCCC2c2ccccc2)cc1. The molecule has 0 saturated carbocycles. The molecule has 31 heavy (non-hydrogen) atoms. The topological polar surface area (TPSA) is 21.7 Å². The molecule has 1 aliphatic heterocycles. The Morgan fingerprint density at radius 1 is 0.839 bits per heavy atom. The van der Waals surface area contributed by atoms with Crippen LogP contribution in [-0.4, -0.2) is 37.7 Å². The molecule has 1 aliphatic rings. The van der Waals surface area contributed by atoms with E-state index in [-0.39, 0.29) is 5.92 Å². The predicted molar refractivity (Wildman–Crippen MR) is 127 cm³/mol. The van der Waals surface area contributed by atoms with Gasteiger partial charge in [0.15, 0.2) is 0 Å². The van der Waals surface area contributed by atoms with Gasteiger partial charge in [0.2, 0.25) is 0 Å². The molecule has 3 aromatic rings. The van der Waals surface area contributed by atoms with Crippen molar-refractivity contribution in [3.8, 4) is 5.75 Å². The minimum Gasteiger partial charge on any atom is -0.492 e. The first-order valence-corrected chi connectivity index (χ1v) is 11.5. The van der Waals surface area contributed by atoms with E-state index in [2.05, 4.69) is 104 Å². The lowest BCUT2D eigenvalue weighted by Crippen LogP contribution is -2.32. The van der Waals surface area contributed by atoms with E-state index in [1.165, 1.54) is 16.7 Å². The summed E-state index contributed by atoms with van der Waals surface area (Å²) < 4.78 is 12.6. The molecule has 0 amide bonds. The van der Waals surface area contributed by atoms with Crippen LogP contribution in [0.4, 0.5) is 0 Å². The highest BCUT2D eigenvalue weighted by atomic mass is 16.5. The van der Waals surface area contributed by atoms with Crippen molar-refractivity contribution in [2.24, 2.45) is 0 Å². The van der Waals surface area contributed by atoms with Crippen LogP contribution in [0.3, 0.4) is 0 Å². The fourth-order valence-electron chi connectivity index (χ4n) is 4.78. The van der Waals surface area contributed by atoms with Crippen molar-refractivity contribution < 1.29 is 9.47 Å². The molecule has 0 aliphatic carbocycles. The van der Waals surface area contributed by atoms with Crippen LogP contribution in [0.5, 0.6) is 5.75 Å². The van der Waals surface area contributed by atoms with Gasteiger partial charge < -0.3 is 14.4 Å². The van der Waals surface area contributed by atoms with Gasteiger partial charge in [-0.25, -0.2) is 0 Å². The molecule has 1 fully saturated rings. The summed E-state index contributed by atoms with van der Waals surface area (Å²) in [4.78, 5) is 2.37. The summed E-state index contributed by atoms with van der Waals surface area (Å²) in [6, 6.07) is 30.0. The second kappa shape index (κ2) is 10.1. The van der Waals surface area contributed by atoms with E-state index in [0.29, 0.717) is 6.61 Å². The van der Waals surface area contributed by atoms with Crippen molar-refractivity contribution in [1.82, 2.24) is 4.90 Å². The van der Waals surface area contributed by atoms with Crippen LogP contribution in [0.2, 0.25) is 0 Å². The molecule has 0 radical (unpaired) electrons. The maximum Gasteiger partial charge on any atom is 0.125 e. The van der Waals surface area contributed by atoms with Crippen LogP contribution in [0, 0.1) is 0 Å². The quantitative estimate of drug-likeness (QED) is 0.437. The van der Waals surface area contributed by atoms with Crippen LogP contribution in [0.15, 0.2) is 84.9 Å². The Balaban J connectivity index is 1.63. The van der Waals surface area contributed by atoms with Gasteiger partial charge in [0.05, 0.1) is 0 Å². The van der Waals surface area contributed by atoms with Crippen LogP contribution >= 0.6 is 0 Å². The van der Waals surface area contributed by atoms with Crippen LogP contribution < -0.4 is 4.74 Å². The number of hydrogen-bond donors (Lipinski definition) is 0. The summed E-state index contributed by atoms with van der Waals surface area (Å²) in [5.41, 5.74) is 3.23.